The van der Waals surface area contributed by atoms with E-state index in [2.05, 4.69) is 20.6 Å². The van der Waals surface area contributed by atoms with Crippen molar-refractivity contribution in [1.82, 2.24) is 15.6 Å². The van der Waals surface area contributed by atoms with E-state index in [1.165, 1.54) is 0 Å². The number of hydrogen-bond acceptors (Lipinski definition) is 4. The van der Waals surface area contributed by atoms with Gasteiger partial charge in [0.25, 0.3) is 0 Å². The van der Waals surface area contributed by atoms with Crippen molar-refractivity contribution in [2.24, 2.45) is 4.99 Å². The number of aliphatic imine (C=N–C) groups is 1. The Morgan fingerprint density at radius 1 is 1.32 bits per heavy atom. The average Bonchev–Trinajstić information content (AvgIpc) is 2.53. The van der Waals surface area contributed by atoms with Crippen LogP contribution >= 0.6 is 24.0 Å². The summed E-state index contributed by atoms with van der Waals surface area (Å²) >= 11 is 0. The second kappa shape index (κ2) is 13.6. The van der Waals surface area contributed by atoms with Crippen LogP contribution in [0.5, 0.6) is 5.88 Å². The molecule has 126 valence electrons. The van der Waals surface area contributed by atoms with Crippen LogP contribution in [0.3, 0.4) is 0 Å². The molecule has 22 heavy (non-hydrogen) atoms. The lowest BCUT2D eigenvalue weighted by Gasteiger charge is -2.13. The van der Waals surface area contributed by atoms with E-state index < -0.39 is 0 Å². The van der Waals surface area contributed by atoms with Crippen LogP contribution in [0.25, 0.3) is 0 Å². The highest BCUT2D eigenvalue weighted by atomic mass is 127. The summed E-state index contributed by atoms with van der Waals surface area (Å²) in [5.74, 6) is 1.41. The number of aromatic nitrogens is 1. The number of guanidine groups is 1. The maximum absolute atomic E-state index is 5.30. The van der Waals surface area contributed by atoms with Gasteiger partial charge in [0.15, 0.2) is 5.96 Å². The Labute approximate surface area is 150 Å². The van der Waals surface area contributed by atoms with Crippen molar-refractivity contribution in [3.63, 3.8) is 0 Å². The van der Waals surface area contributed by atoms with Crippen molar-refractivity contribution in [2.45, 2.75) is 26.3 Å². The first-order valence-corrected chi connectivity index (χ1v) is 7.32. The van der Waals surface area contributed by atoms with Gasteiger partial charge in [-0.1, -0.05) is 6.07 Å². The van der Waals surface area contributed by atoms with Crippen LogP contribution in [0.1, 0.15) is 25.3 Å². The lowest BCUT2D eigenvalue weighted by molar-refractivity contribution is 0.143. The fourth-order valence-corrected chi connectivity index (χ4v) is 1.82. The number of pyridine rings is 1. The largest absolute Gasteiger partial charge is 0.481 e. The van der Waals surface area contributed by atoms with E-state index in [0.29, 0.717) is 12.4 Å². The fourth-order valence-electron chi connectivity index (χ4n) is 1.82. The Morgan fingerprint density at radius 3 is 2.82 bits per heavy atom. The van der Waals surface area contributed by atoms with Gasteiger partial charge in [-0.2, -0.15) is 0 Å². The van der Waals surface area contributed by atoms with E-state index in [-0.39, 0.29) is 24.0 Å². The molecule has 1 rings (SSSR count). The van der Waals surface area contributed by atoms with Crippen LogP contribution in [0, 0.1) is 0 Å². The summed E-state index contributed by atoms with van der Waals surface area (Å²) in [5.41, 5.74) is 0.999. The Morgan fingerprint density at radius 2 is 2.14 bits per heavy atom. The zero-order valence-corrected chi connectivity index (χ0v) is 15.9. The van der Waals surface area contributed by atoms with E-state index >= 15 is 0 Å². The monoisotopic (exact) mass is 422 g/mol. The van der Waals surface area contributed by atoms with Crippen LogP contribution in [-0.2, 0) is 11.3 Å². The quantitative estimate of drug-likeness (QED) is 0.277. The highest BCUT2D eigenvalue weighted by Gasteiger charge is 2.04. The van der Waals surface area contributed by atoms with Gasteiger partial charge in [0.2, 0.25) is 5.88 Å². The zero-order valence-electron chi connectivity index (χ0n) is 13.6. The minimum absolute atomic E-state index is 0. The molecule has 7 heteroatoms. The van der Waals surface area contributed by atoms with Crippen LogP contribution < -0.4 is 15.4 Å². The first-order valence-electron chi connectivity index (χ1n) is 7.32. The van der Waals surface area contributed by atoms with Crippen molar-refractivity contribution < 1.29 is 9.47 Å². The van der Waals surface area contributed by atoms with Gasteiger partial charge in [0.05, 0.1) is 7.11 Å². The molecule has 0 spiro atoms. The highest BCUT2D eigenvalue weighted by Crippen LogP contribution is 2.12. The van der Waals surface area contributed by atoms with Crippen LogP contribution in [-0.4, -0.2) is 44.9 Å². The van der Waals surface area contributed by atoms with Crippen molar-refractivity contribution in [2.75, 3.05) is 33.9 Å². The molecule has 0 unspecified atom stereocenters. The molecule has 2 N–H and O–H groups in total. The second-order valence-electron chi connectivity index (χ2n) is 4.43. The van der Waals surface area contributed by atoms with Crippen molar-refractivity contribution in [3.8, 4) is 5.88 Å². The molecule has 0 aliphatic heterocycles. The van der Waals surface area contributed by atoms with E-state index in [4.69, 9.17) is 9.47 Å². The molecule has 0 atom stereocenters. The number of nitrogens with one attached hydrogen (secondary N) is 2. The number of hydrogen-bond donors (Lipinski definition) is 2. The number of methoxy groups -OCH3 is 1. The predicted molar refractivity (Wildman–Crippen MR) is 100 cm³/mol. The lowest BCUT2D eigenvalue weighted by Crippen LogP contribution is -2.37. The number of unbranched alkanes of at least 4 members (excludes halogenated alkanes) is 1. The summed E-state index contributed by atoms with van der Waals surface area (Å²) in [6.07, 6.45) is 3.82. The SMILES string of the molecule is CCOCCCCNC(=NC)NCc1cccnc1OC.I. The van der Waals surface area contributed by atoms with Crippen LogP contribution in [0.4, 0.5) is 0 Å². The maximum atomic E-state index is 5.30. The minimum atomic E-state index is 0. The van der Waals surface area contributed by atoms with Crippen LogP contribution in [0.15, 0.2) is 23.3 Å². The summed E-state index contributed by atoms with van der Waals surface area (Å²) in [7, 11) is 3.38. The van der Waals surface area contributed by atoms with Crippen molar-refractivity contribution in [1.29, 1.82) is 0 Å². The number of nitrogens with zero attached hydrogens (tertiary/aromatic N) is 2. The molecule has 0 aliphatic rings. The fraction of sp³-hybridized carbons (Fsp3) is 0.600. The van der Waals surface area contributed by atoms with Gasteiger partial charge >= 0.3 is 0 Å². The summed E-state index contributed by atoms with van der Waals surface area (Å²) in [4.78, 5) is 8.36. The molecule has 1 aromatic heterocycles. The number of rotatable bonds is 9. The highest BCUT2D eigenvalue weighted by molar-refractivity contribution is 14.0. The maximum Gasteiger partial charge on any atom is 0.218 e. The first-order chi connectivity index (χ1) is 10.3. The molecule has 0 radical (unpaired) electrons. The Bertz CT molecular complexity index is 430. The summed E-state index contributed by atoms with van der Waals surface area (Å²) in [6, 6.07) is 3.87. The molecule has 0 saturated heterocycles. The molecule has 0 fully saturated rings. The Hall–Kier alpha value is -1.09. The molecular weight excluding hydrogens is 395 g/mol. The topological polar surface area (TPSA) is 67.8 Å². The average molecular weight is 422 g/mol. The summed E-state index contributed by atoms with van der Waals surface area (Å²) < 4.78 is 10.5. The lowest BCUT2D eigenvalue weighted by atomic mass is 10.2. The second-order valence-corrected chi connectivity index (χ2v) is 4.43. The van der Waals surface area contributed by atoms with E-state index in [9.17, 15) is 0 Å². The van der Waals surface area contributed by atoms with E-state index in [1.807, 2.05) is 19.1 Å². The van der Waals surface area contributed by atoms with Gasteiger partial charge < -0.3 is 20.1 Å². The molecule has 1 aromatic rings. The molecule has 0 amide bonds. The minimum Gasteiger partial charge on any atom is -0.481 e. The smallest absolute Gasteiger partial charge is 0.218 e. The number of ether oxygens (including phenoxy) is 2. The standard InChI is InChI=1S/C15H26N4O2.HI/c1-4-21-11-6-5-9-18-15(16-2)19-12-13-8-7-10-17-14(13)20-3;/h7-8,10H,4-6,9,11-12H2,1-3H3,(H2,16,18,19);1H. The molecule has 0 aromatic carbocycles. The van der Waals surface area contributed by atoms with Gasteiger partial charge in [0, 0.05) is 45.1 Å². The summed E-state index contributed by atoms with van der Waals surface area (Å²) in [6.45, 7) is 5.10. The molecular formula is C15H27IN4O2. The summed E-state index contributed by atoms with van der Waals surface area (Å²) in [5, 5.41) is 6.53. The molecule has 0 aliphatic carbocycles. The van der Waals surface area contributed by atoms with Crippen LogP contribution in [0.2, 0.25) is 0 Å². The third-order valence-corrected chi connectivity index (χ3v) is 2.93. The first kappa shape index (κ1) is 20.9. The normalized spacial score (nSPS) is 10.8. The van der Waals surface area contributed by atoms with Gasteiger partial charge in [-0.25, -0.2) is 4.98 Å². The van der Waals surface area contributed by atoms with Gasteiger partial charge in [-0.05, 0) is 25.8 Å². The predicted octanol–water partition coefficient (Wildman–Crippen LogP) is 2.19. The third-order valence-electron chi connectivity index (χ3n) is 2.93. The van der Waals surface area contributed by atoms with E-state index in [0.717, 1.165) is 44.1 Å². The van der Waals surface area contributed by atoms with Crippen molar-refractivity contribution in [3.05, 3.63) is 23.9 Å². The zero-order chi connectivity index (χ0) is 15.3. The van der Waals surface area contributed by atoms with Gasteiger partial charge in [-0.3, -0.25) is 4.99 Å². The Kier molecular flexibility index (Phi) is 12.9. The molecule has 0 bridgehead atoms. The Balaban J connectivity index is 0.00000441. The van der Waals surface area contributed by atoms with Crippen molar-refractivity contribution >= 4 is 29.9 Å². The van der Waals surface area contributed by atoms with E-state index in [1.54, 1.807) is 20.4 Å². The third kappa shape index (κ3) is 8.38. The molecule has 6 nitrogen and oxygen atoms in total. The number of halogens is 1. The van der Waals surface area contributed by atoms with Gasteiger partial charge in [-0.15, -0.1) is 24.0 Å². The molecule has 1 heterocycles. The van der Waals surface area contributed by atoms with Gasteiger partial charge in [0.1, 0.15) is 0 Å². The molecule has 0 saturated carbocycles.